The van der Waals surface area contributed by atoms with Crippen molar-refractivity contribution in [3.8, 4) is 0 Å². The molecule has 1 aromatic heterocycles. The molecule has 2 aromatic rings. The molecule has 0 bridgehead atoms. The number of methoxy groups -OCH3 is 1. The molecule has 0 aliphatic rings. The standard InChI is InChI=1S/C14H18N2O3/c1-9-16-11-7-10(5-6-12(11)19-9)15-8-14(2,3)13(17)18-4/h5-7,15H,8H2,1-4H3. The van der Waals surface area contributed by atoms with E-state index in [0.29, 0.717) is 12.4 Å². The second-order valence-corrected chi connectivity index (χ2v) is 5.14. The first kappa shape index (κ1) is 13.4. The third kappa shape index (κ3) is 2.86. The first-order valence-electron chi connectivity index (χ1n) is 6.12. The average molecular weight is 262 g/mol. The zero-order chi connectivity index (χ0) is 14.0. The predicted octanol–water partition coefficient (Wildman–Crippen LogP) is 2.75. The third-order valence-electron chi connectivity index (χ3n) is 2.97. The summed E-state index contributed by atoms with van der Waals surface area (Å²) in [5.41, 5.74) is 1.88. The maximum atomic E-state index is 11.6. The van der Waals surface area contributed by atoms with Gasteiger partial charge in [0.05, 0.1) is 12.5 Å². The van der Waals surface area contributed by atoms with Crippen LogP contribution in [0.15, 0.2) is 22.6 Å². The Morgan fingerprint density at radius 2 is 2.21 bits per heavy atom. The topological polar surface area (TPSA) is 64.4 Å². The van der Waals surface area contributed by atoms with Crippen molar-refractivity contribution in [3.63, 3.8) is 0 Å². The van der Waals surface area contributed by atoms with Crippen LogP contribution in [0.25, 0.3) is 11.1 Å². The van der Waals surface area contributed by atoms with E-state index in [4.69, 9.17) is 9.15 Å². The van der Waals surface area contributed by atoms with Crippen LogP contribution in [0.1, 0.15) is 19.7 Å². The molecule has 1 aromatic carbocycles. The van der Waals surface area contributed by atoms with Crippen LogP contribution < -0.4 is 5.32 Å². The summed E-state index contributed by atoms with van der Waals surface area (Å²) >= 11 is 0. The fourth-order valence-electron chi connectivity index (χ4n) is 1.82. The second kappa shape index (κ2) is 4.91. The van der Waals surface area contributed by atoms with Gasteiger partial charge in [0.1, 0.15) is 5.52 Å². The van der Waals surface area contributed by atoms with Gasteiger partial charge in [-0.1, -0.05) is 0 Å². The third-order valence-corrected chi connectivity index (χ3v) is 2.97. The van der Waals surface area contributed by atoms with Crippen LogP contribution >= 0.6 is 0 Å². The van der Waals surface area contributed by atoms with Gasteiger partial charge in [-0.3, -0.25) is 4.79 Å². The number of benzene rings is 1. The number of anilines is 1. The van der Waals surface area contributed by atoms with Crippen molar-refractivity contribution in [1.29, 1.82) is 0 Å². The fourth-order valence-corrected chi connectivity index (χ4v) is 1.82. The number of oxazole rings is 1. The summed E-state index contributed by atoms with van der Waals surface area (Å²) < 4.78 is 10.2. The Bertz CT molecular complexity index is 602. The molecule has 0 saturated heterocycles. The van der Waals surface area contributed by atoms with Gasteiger partial charge in [0.15, 0.2) is 11.5 Å². The van der Waals surface area contributed by atoms with Crippen LogP contribution in [0.3, 0.4) is 0 Å². The lowest BCUT2D eigenvalue weighted by atomic mass is 9.93. The van der Waals surface area contributed by atoms with Crippen LogP contribution in [0.5, 0.6) is 0 Å². The highest BCUT2D eigenvalue weighted by molar-refractivity contribution is 5.78. The quantitative estimate of drug-likeness (QED) is 0.858. The molecule has 2 rings (SSSR count). The maximum absolute atomic E-state index is 11.6. The lowest BCUT2D eigenvalue weighted by Crippen LogP contribution is -2.33. The number of carbonyl (C=O) groups excluding carboxylic acids is 1. The number of hydrogen-bond donors (Lipinski definition) is 1. The molecule has 0 fully saturated rings. The SMILES string of the molecule is COC(=O)C(C)(C)CNc1ccc2oc(C)nc2c1. The Morgan fingerprint density at radius 1 is 1.47 bits per heavy atom. The van der Waals surface area contributed by atoms with Crippen LogP contribution in [-0.4, -0.2) is 24.6 Å². The number of nitrogens with one attached hydrogen (secondary N) is 1. The molecular formula is C14H18N2O3. The number of nitrogens with zero attached hydrogens (tertiary/aromatic N) is 1. The summed E-state index contributed by atoms with van der Waals surface area (Å²) in [5, 5.41) is 3.22. The molecule has 5 nitrogen and oxygen atoms in total. The Labute approximate surface area is 112 Å². The smallest absolute Gasteiger partial charge is 0.313 e. The molecule has 0 spiro atoms. The highest BCUT2D eigenvalue weighted by atomic mass is 16.5. The molecular weight excluding hydrogens is 244 g/mol. The minimum absolute atomic E-state index is 0.238. The molecule has 1 N–H and O–H groups in total. The molecule has 0 aliphatic heterocycles. The summed E-state index contributed by atoms with van der Waals surface area (Å²) in [5.74, 6) is 0.403. The van der Waals surface area contributed by atoms with Crippen LogP contribution in [0, 0.1) is 12.3 Å². The van der Waals surface area contributed by atoms with Gasteiger partial charge in [-0.2, -0.15) is 0 Å². The number of esters is 1. The van der Waals surface area contributed by atoms with Crippen molar-refractivity contribution in [2.24, 2.45) is 5.41 Å². The van der Waals surface area contributed by atoms with Gasteiger partial charge < -0.3 is 14.5 Å². The summed E-state index contributed by atoms with van der Waals surface area (Å²) in [7, 11) is 1.40. The molecule has 0 atom stereocenters. The van der Waals surface area contributed by atoms with E-state index in [9.17, 15) is 4.79 Å². The minimum Gasteiger partial charge on any atom is -0.469 e. The molecule has 102 valence electrons. The molecule has 0 saturated carbocycles. The summed E-state index contributed by atoms with van der Waals surface area (Å²) in [6, 6.07) is 5.67. The van der Waals surface area contributed by atoms with E-state index in [1.54, 1.807) is 0 Å². The normalized spacial score (nSPS) is 11.6. The number of aromatic nitrogens is 1. The zero-order valence-electron chi connectivity index (χ0n) is 11.6. The van der Waals surface area contributed by atoms with Gasteiger partial charge in [-0.05, 0) is 32.0 Å². The molecule has 0 amide bonds. The molecule has 0 radical (unpaired) electrons. The van der Waals surface area contributed by atoms with E-state index >= 15 is 0 Å². The zero-order valence-corrected chi connectivity index (χ0v) is 11.6. The monoisotopic (exact) mass is 262 g/mol. The van der Waals surface area contributed by atoms with Crippen molar-refractivity contribution < 1.29 is 13.9 Å². The number of rotatable bonds is 4. The first-order valence-corrected chi connectivity index (χ1v) is 6.12. The van der Waals surface area contributed by atoms with E-state index in [2.05, 4.69) is 10.3 Å². The second-order valence-electron chi connectivity index (χ2n) is 5.14. The number of hydrogen-bond acceptors (Lipinski definition) is 5. The van der Waals surface area contributed by atoms with Gasteiger partial charge in [0.2, 0.25) is 0 Å². The molecule has 5 heteroatoms. The Hall–Kier alpha value is -2.04. The molecule has 0 unspecified atom stereocenters. The van der Waals surface area contributed by atoms with E-state index < -0.39 is 5.41 Å². The first-order chi connectivity index (χ1) is 8.92. The highest BCUT2D eigenvalue weighted by Crippen LogP contribution is 2.22. The molecule has 0 aliphatic carbocycles. The van der Waals surface area contributed by atoms with Gasteiger partial charge in [0.25, 0.3) is 0 Å². The van der Waals surface area contributed by atoms with Crippen molar-refractivity contribution in [2.75, 3.05) is 19.0 Å². The number of fused-ring (bicyclic) bond motifs is 1. The number of ether oxygens (including phenoxy) is 1. The Morgan fingerprint density at radius 3 is 2.89 bits per heavy atom. The largest absolute Gasteiger partial charge is 0.469 e. The van der Waals surface area contributed by atoms with Gasteiger partial charge in [-0.15, -0.1) is 0 Å². The summed E-state index contributed by atoms with van der Waals surface area (Å²) in [6.45, 7) is 5.98. The van der Waals surface area contributed by atoms with Gasteiger partial charge in [-0.25, -0.2) is 4.98 Å². The van der Waals surface area contributed by atoms with Gasteiger partial charge in [0, 0.05) is 19.2 Å². The lowest BCUT2D eigenvalue weighted by molar-refractivity contribution is -0.149. The number of carbonyl (C=O) groups is 1. The van der Waals surface area contributed by atoms with Crippen LogP contribution in [-0.2, 0) is 9.53 Å². The average Bonchev–Trinajstić information content (AvgIpc) is 2.74. The Balaban J connectivity index is 2.11. The maximum Gasteiger partial charge on any atom is 0.313 e. The molecule has 1 heterocycles. The van der Waals surface area contributed by atoms with Crippen molar-refractivity contribution in [2.45, 2.75) is 20.8 Å². The van der Waals surface area contributed by atoms with E-state index in [0.717, 1.165) is 16.8 Å². The van der Waals surface area contributed by atoms with Crippen molar-refractivity contribution >= 4 is 22.8 Å². The Kier molecular flexibility index (Phi) is 3.46. The minimum atomic E-state index is -0.580. The molecule has 19 heavy (non-hydrogen) atoms. The predicted molar refractivity (Wildman–Crippen MR) is 73.0 cm³/mol. The van der Waals surface area contributed by atoms with Crippen LogP contribution in [0.4, 0.5) is 5.69 Å². The van der Waals surface area contributed by atoms with Crippen molar-refractivity contribution in [1.82, 2.24) is 4.98 Å². The van der Waals surface area contributed by atoms with Gasteiger partial charge >= 0.3 is 5.97 Å². The van der Waals surface area contributed by atoms with E-state index in [1.165, 1.54) is 7.11 Å². The highest BCUT2D eigenvalue weighted by Gasteiger charge is 2.28. The summed E-state index contributed by atoms with van der Waals surface area (Å²) in [4.78, 5) is 15.9. The van der Waals surface area contributed by atoms with Crippen molar-refractivity contribution in [3.05, 3.63) is 24.1 Å². The van der Waals surface area contributed by atoms with E-state index in [-0.39, 0.29) is 5.97 Å². The van der Waals surface area contributed by atoms with E-state index in [1.807, 2.05) is 39.0 Å². The summed E-state index contributed by atoms with van der Waals surface area (Å²) in [6.07, 6.45) is 0. The van der Waals surface area contributed by atoms with Crippen LogP contribution in [0.2, 0.25) is 0 Å². The number of aryl methyl sites for hydroxylation is 1. The fraction of sp³-hybridized carbons (Fsp3) is 0.429. The lowest BCUT2D eigenvalue weighted by Gasteiger charge is -2.22.